The SMILES string of the molecule is c1ccc(-c2ccc(-c3cc(-c4ccccc4)nc(-n4c5ccccc5c5ccc6c7ccccc7n(-c7ccc(-c8cccc(-c9ccccc9)c8)cc7)c6c54)c3)cc2)cc1. The average Bonchev–Trinajstić information content (AvgIpc) is 3.88. The van der Waals surface area contributed by atoms with Gasteiger partial charge in [0.2, 0.25) is 0 Å². The molecule has 0 amide bonds. The second kappa shape index (κ2) is 14.8. The summed E-state index contributed by atoms with van der Waals surface area (Å²) in [4.78, 5) is 5.53. The van der Waals surface area contributed by atoms with Gasteiger partial charge in [-0.2, -0.15) is 0 Å². The second-order valence-electron chi connectivity index (χ2n) is 16.0. The van der Waals surface area contributed by atoms with E-state index in [-0.39, 0.29) is 0 Å². The third-order valence-electron chi connectivity index (χ3n) is 12.3. The lowest BCUT2D eigenvalue weighted by Crippen LogP contribution is -2.02. The van der Waals surface area contributed by atoms with Crippen molar-refractivity contribution in [1.82, 2.24) is 14.1 Å². The summed E-state index contributed by atoms with van der Waals surface area (Å²) in [5.74, 6) is 0.873. The van der Waals surface area contributed by atoms with Crippen LogP contribution in [-0.4, -0.2) is 14.1 Å². The molecule has 3 nitrogen and oxygen atoms in total. The van der Waals surface area contributed by atoms with Crippen molar-refractivity contribution in [1.29, 1.82) is 0 Å². The number of pyridine rings is 1. The summed E-state index contributed by atoms with van der Waals surface area (Å²) in [6, 6.07) is 85.2. The fourth-order valence-corrected chi connectivity index (χ4v) is 9.36. The highest BCUT2D eigenvalue weighted by Gasteiger charge is 2.22. The summed E-state index contributed by atoms with van der Waals surface area (Å²) >= 11 is 0. The van der Waals surface area contributed by atoms with Gasteiger partial charge in [0.25, 0.3) is 0 Å². The van der Waals surface area contributed by atoms with Gasteiger partial charge >= 0.3 is 0 Å². The Morgan fingerprint density at radius 3 is 1.27 bits per heavy atom. The number of fused-ring (bicyclic) bond motifs is 7. The number of para-hydroxylation sites is 2. The number of benzene rings is 9. The van der Waals surface area contributed by atoms with Gasteiger partial charge in [-0.1, -0.05) is 194 Å². The van der Waals surface area contributed by atoms with Gasteiger partial charge in [-0.25, -0.2) is 4.98 Å². The zero-order valence-corrected chi connectivity index (χ0v) is 33.9. The number of aromatic nitrogens is 3. The molecule has 0 saturated heterocycles. The first-order valence-corrected chi connectivity index (χ1v) is 21.2. The van der Waals surface area contributed by atoms with Crippen LogP contribution in [0.2, 0.25) is 0 Å². The fourth-order valence-electron chi connectivity index (χ4n) is 9.36. The van der Waals surface area contributed by atoms with E-state index >= 15 is 0 Å². The van der Waals surface area contributed by atoms with Crippen LogP contribution in [0.15, 0.2) is 237 Å². The Kier molecular flexibility index (Phi) is 8.50. The molecule has 0 spiro atoms. The van der Waals surface area contributed by atoms with E-state index in [0.717, 1.165) is 56.0 Å². The van der Waals surface area contributed by atoms with Crippen molar-refractivity contribution < 1.29 is 0 Å². The van der Waals surface area contributed by atoms with Crippen LogP contribution < -0.4 is 0 Å². The van der Waals surface area contributed by atoms with Crippen LogP contribution in [-0.2, 0) is 0 Å². The second-order valence-corrected chi connectivity index (χ2v) is 16.0. The molecule has 0 saturated carbocycles. The van der Waals surface area contributed by atoms with Gasteiger partial charge in [-0.3, -0.25) is 4.57 Å². The maximum Gasteiger partial charge on any atom is 0.138 e. The predicted octanol–water partition coefficient (Wildman–Crippen LogP) is 15.6. The fraction of sp³-hybridized carbons (Fsp3) is 0. The Morgan fingerprint density at radius 1 is 0.258 bits per heavy atom. The molecular formula is C59H39N3. The van der Waals surface area contributed by atoms with Crippen LogP contribution in [0.5, 0.6) is 0 Å². The van der Waals surface area contributed by atoms with E-state index in [1.54, 1.807) is 0 Å². The van der Waals surface area contributed by atoms with Gasteiger partial charge in [-0.05, 0) is 87.0 Å². The van der Waals surface area contributed by atoms with Gasteiger partial charge in [-0.15, -0.1) is 0 Å². The molecule has 0 aliphatic rings. The zero-order chi connectivity index (χ0) is 41.0. The van der Waals surface area contributed by atoms with Gasteiger partial charge < -0.3 is 4.57 Å². The molecule has 3 aromatic heterocycles. The van der Waals surface area contributed by atoms with E-state index < -0.39 is 0 Å². The third kappa shape index (κ3) is 6.02. The molecule has 62 heavy (non-hydrogen) atoms. The van der Waals surface area contributed by atoms with Crippen molar-refractivity contribution in [3.05, 3.63) is 237 Å². The lowest BCUT2D eigenvalue weighted by molar-refractivity contribution is 1.08. The number of nitrogens with zero attached hydrogens (tertiary/aromatic N) is 3. The molecule has 0 aliphatic heterocycles. The van der Waals surface area contributed by atoms with Crippen LogP contribution in [0.3, 0.4) is 0 Å². The van der Waals surface area contributed by atoms with Crippen LogP contribution in [0.4, 0.5) is 0 Å². The molecule has 12 aromatic rings. The van der Waals surface area contributed by atoms with E-state index in [9.17, 15) is 0 Å². The van der Waals surface area contributed by atoms with Crippen molar-refractivity contribution in [2.75, 3.05) is 0 Å². The summed E-state index contributed by atoms with van der Waals surface area (Å²) in [5, 5.41) is 4.79. The Hall–Kier alpha value is -8.27. The molecule has 0 unspecified atom stereocenters. The maximum absolute atomic E-state index is 5.53. The van der Waals surface area contributed by atoms with E-state index in [2.05, 4.69) is 246 Å². The highest BCUT2D eigenvalue weighted by atomic mass is 15.1. The van der Waals surface area contributed by atoms with Gasteiger partial charge in [0.15, 0.2) is 0 Å². The van der Waals surface area contributed by atoms with Crippen molar-refractivity contribution in [3.63, 3.8) is 0 Å². The van der Waals surface area contributed by atoms with E-state index in [4.69, 9.17) is 4.98 Å². The van der Waals surface area contributed by atoms with Gasteiger partial charge in [0.05, 0.1) is 27.8 Å². The largest absolute Gasteiger partial charge is 0.307 e. The normalized spacial score (nSPS) is 11.5. The first-order valence-electron chi connectivity index (χ1n) is 21.2. The minimum Gasteiger partial charge on any atom is -0.307 e. The summed E-state index contributed by atoms with van der Waals surface area (Å²) < 4.78 is 4.86. The Bertz CT molecular complexity index is 3580. The summed E-state index contributed by atoms with van der Waals surface area (Å²) in [6.07, 6.45) is 0. The topological polar surface area (TPSA) is 22.8 Å². The molecule has 0 bridgehead atoms. The molecule has 0 N–H and O–H groups in total. The summed E-state index contributed by atoms with van der Waals surface area (Å²) in [7, 11) is 0. The van der Waals surface area contributed by atoms with Gasteiger partial charge in [0.1, 0.15) is 5.82 Å². The van der Waals surface area contributed by atoms with Crippen molar-refractivity contribution in [3.8, 4) is 67.3 Å². The zero-order valence-electron chi connectivity index (χ0n) is 33.9. The molecule has 290 valence electrons. The van der Waals surface area contributed by atoms with Crippen LogP contribution in [0, 0.1) is 0 Å². The first kappa shape index (κ1) is 35.7. The molecule has 0 aliphatic carbocycles. The lowest BCUT2D eigenvalue weighted by atomic mass is 9.99. The number of hydrogen-bond acceptors (Lipinski definition) is 1. The molecule has 3 heterocycles. The molecule has 12 rings (SSSR count). The molecule has 3 heteroatoms. The highest BCUT2D eigenvalue weighted by molar-refractivity contribution is 6.23. The highest BCUT2D eigenvalue weighted by Crippen LogP contribution is 2.42. The Balaban J connectivity index is 1.09. The quantitative estimate of drug-likeness (QED) is 0.158. The molecule has 0 fully saturated rings. The minimum atomic E-state index is 0.873. The summed E-state index contributed by atoms with van der Waals surface area (Å²) in [6.45, 7) is 0. The van der Waals surface area contributed by atoms with Crippen molar-refractivity contribution in [2.45, 2.75) is 0 Å². The monoisotopic (exact) mass is 789 g/mol. The minimum absolute atomic E-state index is 0.873. The van der Waals surface area contributed by atoms with Crippen LogP contribution >= 0.6 is 0 Å². The number of rotatable bonds is 7. The van der Waals surface area contributed by atoms with Gasteiger partial charge in [0, 0.05) is 32.8 Å². The smallest absolute Gasteiger partial charge is 0.138 e. The molecular weight excluding hydrogens is 751 g/mol. The Morgan fingerprint density at radius 2 is 0.677 bits per heavy atom. The molecule has 9 aromatic carbocycles. The van der Waals surface area contributed by atoms with E-state index in [1.807, 2.05) is 0 Å². The molecule has 0 radical (unpaired) electrons. The first-order chi connectivity index (χ1) is 30.7. The summed E-state index contributed by atoms with van der Waals surface area (Å²) in [5.41, 5.74) is 17.1. The molecule has 0 atom stereocenters. The standard InChI is InChI=1S/C59H39N3/c1-4-15-40(16-5-1)42-27-29-44(30-28-42)48-38-54(45-19-8-3-9-20-45)60-57(39-48)62-56-26-13-11-24-51(56)53-36-35-52-50-23-10-12-25-55(50)61(58(52)59(53)62)49-33-31-43(32-34-49)47-22-14-21-46(37-47)41-17-6-2-7-18-41/h1-39H. The van der Waals surface area contributed by atoms with Crippen LogP contribution in [0.25, 0.3) is 111 Å². The lowest BCUT2D eigenvalue weighted by Gasteiger charge is -2.15. The van der Waals surface area contributed by atoms with Crippen LogP contribution in [0.1, 0.15) is 0 Å². The Labute approximate surface area is 360 Å². The third-order valence-corrected chi connectivity index (χ3v) is 12.3. The van der Waals surface area contributed by atoms with Crippen molar-refractivity contribution in [2.24, 2.45) is 0 Å². The van der Waals surface area contributed by atoms with E-state index in [1.165, 1.54) is 54.9 Å². The predicted molar refractivity (Wildman–Crippen MR) is 260 cm³/mol. The number of hydrogen-bond donors (Lipinski definition) is 0. The van der Waals surface area contributed by atoms with E-state index in [0.29, 0.717) is 0 Å². The maximum atomic E-state index is 5.53. The average molecular weight is 790 g/mol. The van der Waals surface area contributed by atoms with Crippen molar-refractivity contribution >= 4 is 43.6 Å².